The minimum Gasteiger partial charge on any atom is -0.368 e. The van der Waals surface area contributed by atoms with Crippen molar-refractivity contribution < 1.29 is 0 Å². The van der Waals surface area contributed by atoms with Crippen LogP contribution in [-0.4, -0.2) is 12.6 Å². The molecule has 106 valence electrons. The minimum atomic E-state index is 0.639. The van der Waals surface area contributed by atoms with Crippen LogP contribution in [0.25, 0.3) is 0 Å². The number of benzene rings is 1. The Balaban J connectivity index is 2.23. The Hall–Kier alpha value is -1.02. The Kier molecular flexibility index (Phi) is 4.87. The summed E-state index contributed by atoms with van der Waals surface area (Å²) in [5.74, 6) is 0.704. The average molecular weight is 260 g/mol. The van der Waals surface area contributed by atoms with E-state index in [0.717, 1.165) is 12.6 Å². The molecule has 0 aliphatic heterocycles. The van der Waals surface area contributed by atoms with E-state index in [4.69, 9.17) is 5.73 Å². The maximum Gasteiger partial charge on any atom is 0.0371 e. The topological polar surface area (TPSA) is 29.3 Å². The Morgan fingerprint density at radius 2 is 1.95 bits per heavy atom. The van der Waals surface area contributed by atoms with Crippen LogP contribution in [0.3, 0.4) is 0 Å². The number of nitrogens with two attached hydrogens (primary N) is 1. The fraction of sp³-hybridized carbons (Fsp3) is 0.647. The smallest absolute Gasteiger partial charge is 0.0371 e. The summed E-state index contributed by atoms with van der Waals surface area (Å²) in [5.41, 5.74) is 9.74. The Bertz CT molecular complexity index is 406. The highest BCUT2D eigenvalue weighted by atomic mass is 15.2. The summed E-state index contributed by atoms with van der Waals surface area (Å²) in [6, 6.07) is 7.52. The van der Waals surface area contributed by atoms with Crippen LogP contribution in [0.5, 0.6) is 0 Å². The van der Waals surface area contributed by atoms with Crippen molar-refractivity contribution in [2.45, 2.75) is 59.0 Å². The molecule has 0 unspecified atom stereocenters. The van der Waals surface area contributed by atoms with E-state index in [1.165, 1.54) is 42.5 Å². The number of hydrogen-bond acceptors (Lipinski definition) is 2. The van der Waals surface area contributed by atoms with Crippen molar-refractivity contribution >= 4 is 5.69 Å². The van der Waals surface area contributed by atoms with Gasteiger partial charge in [0.25, 0.3) is 0 Å². The highest BCUT2D eigenvalue weighted by molar-refractivity contribution is 5.52. The zero-order valence-corrected chi connectivity index (χ0v) is 12.7. The molecule has 1 fully saturated rings. The van der Waals surface area contributed by atoms with Gasteiger partial charge in [-0.3, -0.25) is 0 Å². The third kappa shape index (κ3) is 3.50. The monoisotopic (exact) mass is 260 g/mol. The molecule has 0 spiro atoms. The van der Waals surface area contributed by atoms with Gasteiger partial charge in [0.2, 0.25) is 0 Å². The molecule has 0 radical (unpaired) electrons. The molecule has 2 nitrogen and oxygen atoms in total. The summed E-state index contributed by atoms with van der Waals surface area (Å²) in [5, 5.41) is 0. The molecule has 2 N–H and O–H groups in total. The molecule has 0 heterocycles. The third-order valence-corrected chi connectivity index (χ3v) is 4.21. The van der Waals surface area contributed by atoms with Gasteiger partial charge in [0.05, 0.1) is 0 Å². The van der Waals surface area contributed by atoms with Crippen LogP contribution in [0.15, 0.2) is 18.2 Å². The lowest BCUT2D eigenvalue weighted by Gasteiger charge is -2.33. The van der Waals surface area contributed by atoms with Crippen molar-refractivity contribution in [3.05, 3.63) is 29.3 Å². The Morgan fingerprint density at radius 1 is 1.26 bits per heavy atom. The molecule has 0 atom stereocenters. The summed E-state index contributed by atoms with van der Waals surface area (Å²) in [6.07, 6.45) is 5.48. The van der Waals surface area contributed by atoms with Gasteiger partial charge in [-0.1, -0.05) is 32.8 Å². The highest BCUT2D eigenvalue weighted by Gasteiger charge is 2.23. The van der Waals surface area contributed by atoms with Crippen LogP contribution in [-0.2, 0) is 6.54 Å². The van der Waals surface area contributed by atoms with Gasteiger partial charge in [0.1, 0.15) is 0 Å². The van der Waals surface area contributed by atoms with Gasteiger partial charge in [-0.15, -0.1) is 0 Å². The summed E-state index contributed by atoms with van der Waals surface area (Å²) in [4.78, 5) is 2.63. The van der Waals surface area contributed by atoms with Crippen LogP contribution < -0.4 is 10.6 Å². The van der Waals surface area contributed by atoms with E-state index >= 15 is 0 Å². The van der Waals surface area contributed by atoms with Crippen LogP contribution in [0.2, 0.25) is 0 Å². The van der Waals surface area contributed by atoms with Gasteiger partial charge in [-0.25, -0.2) is 0 Å². The van der Waals surface area contributed by atoms with Crippen molar-refractivity contribution in [1.29, 1.82) is 0 Å². The van der Waals surface area contributed by atoms with Gasteiger partial charge in [0, 0.05) is 24.8 Å². The predicted octanol–water partition coefficient (Wildman–Crippen LogP) is 3.86. The van der Waals surface area contributed by atoms with Crippen molar-refractivity contribution in [3.63, 3.8) is 0 Å². The van der Waals surface area contributed by atoms with Gasteiger partial charge < -0.3 is 10.6 Å². The quantitative estimate of drug-likeness (QED) is 0.871. The largest absolute Gasteiger partial charge is 0.368 e. The first-order valence-electron chi connectivity index (χ1n) is 7.68. The number of hydrogen-bond donors (Lipinski definition) is 1. The number of rotatable bonds is 5. The second-order valence-corrected chi connectivity index (χ2v) is 6.30. The van der Waals surface area contributed by atoms with E-state index < -0.39 is 0 Å². The molecular formula is C17H28N2. The minimum absolute atomic E-state index is 0.639. The molecule has 1 aromatic carbocycles. The SMILES string of the molecule is Cc1cc(N(CC(C)C)C2CCCC2)ccc1CN. The fourth-order valence-corrected chi connectivity index (χ4v) is 3.16. The Morgan fingerprint density at radius 3 is 2.47 bits per heavy atom. The second kappa shape index (κ2) is 6.42. The molecule has 1 aliphatic rings. The van der Waals surface area contributed by atoms with Gasteiger partial charge in [0.15, 0.2) is 0 Å². The normalized spacial score (nSPS) is 16.3. The first kappa shape index (κ1) is 14.4. The molecule has 0 bridgehead atoms. The molecule has 1 saturated carbocycles. The zero-order chi connectivity index (χ0) is 13.8. The molecule has 2 rings (SSSR count). The van der Waals surface area contributed by atoms with E-state index in [-0.39, 0.29) is 0 Å². The van der Waals surface area contributed by atoms with E-state index in [1.807, 2.05) is 0 Å². The molecule has 0 saturated heterocycles. The second-order valence-electron chi connectivity index (χ2n) is 6.30. The van der Waals surface area contributed by atoms with E-state index in [2.05, 4.69) is 43.9 Å². The predicted molar refractivity (Wildman–Crippen MR) is 83.5 cm³/mol. The van der Waals surface area contributed by atoms with Gasteiger partial charge in [-0.2, -0.15) is 0 Å². The van der Waals surface area contributed by atoms with Crippen molar-refractivity contribution in [2.75, 3.05) is 11.4 Å². The van der Waals surface area contributed by atoms with Crippen LogP contribution in [0.4, 0.5) is 5.69 Å². The average Bonchev–Trinajstić information content (AvgIpc) is 2.89. The number of anilines is 1. The molecule has 19 heavy (non-hydrogen) atoms. The summed E-state index contributed by atoms with van der Waals surface area (Å²) in [7, 11) is 0. The van der Waals surface area contributed by atoms with E-state index in [0.29, 0.717) is 12.5 Å². The lowest BCUT2D eigenvalue weighted by molar-refractivity contribution is 0.536. The number of aryl methyl sites for hydroxylation is 1. The third-order valence-electron chi connectivity index (χ3n) is 4.21. The van der Waals surface area contributed by atoms with Crippen LogP contribution in [0.1, 0.15) is 50.7 Å². The molecule has 1 aromatic rings. The van der Waals surface area contributed by atoms with Crippen LogP contribution >= 0.6 is 0 Å². The van der Waals surface area contributed by atoms with Crippen molar-refractivity contribution in [3.8, 4) is 0 Å². The van der Waals surface area contributed by atoms with Crippen molar-refractivity contribution in [2.24, 2.45) is 11.7 Å². The van der Waals surface area contributed by atoms with Gasteiger partial charge in [-0.05, 0) is 48.9 Å². The van der Waals surface area contributed by atoms with Crippen molar-refractivity contribution in [1.82, 2.24) is 0 Å². The maximum absolute atomic E-state index is 5.77. The lowest BCUT2D eigenvalue weighted by Crippen LogP contribution is -2.36. The molecule has 0 amide bonds. The number of nitrogens with zero attached hydrogens (tertiary/aromatic N) is 1. The van der Waals surface area contributed by atoms with E-state index in [1.54, 1.807) is 0 Å². The summed E-state index contributed by atoms with van der Waals surface area (Å²) in [6.45, 7) is 8.59. The van der Waals surface area contributed by atoms with Crippen LogP contribution in [0, 0.1) is 12.8 Å². The molecule has 1 aliphatic carbocycles. The molecule has 2 heteroatoms. The zero-order valence-electron chi connectivity index (χ0n) is 12.7. The first-order valence-corrected chi connectivity index (χ1v) is 7.68. The summed E-state index contributed by atoms with van der Waals surface area (Å²) >= 11 is 0. The maximum atomic E-state index is 5.77. The molecular weight excluding hydrogens is 232 g/mol. The van der Waals surface area contributed by atoms with E-state index in [9.17, 15) is 0 Å². The standard InChI is InChI=1S/C17H28N2/c1-13(2)12-19(16-6-4-5-7-16)17-9-8-15(11-18)14(3)10-17/h8-10,13,16H,4-7,11-12,18H2,1-3H3. The summed E-state index contributed by atoms with van der Waals surface area (Å²) < 4.78 is 0. The Labute approximate surface area is 118 Å². The first-order chi connectivity index (χ1) is 9.11. The van der Waals surface area contributed by atoms with Gasteiger partial charge >= 0.3 is 0 Å². The molecule has 0 aromatic heterocycles. The highest BCUT2D eigenvalue weighted by Crippen LogP contribution is 2.30. The fourth-order valence-electron chi connectivity index (χ4n) is 3.16. The lowest BCUT2D eigenvalue weighted by atomic mass is 10.0.